The number of nitrogens with zero attached hydrogens (tertiary/aromatic N) is 1. The Morgan fingerprint density at radius 2 is 1.88 bits per heavy atom. The first-order valence-electron chi connectivity index (χ1n) is 6.26. The number of hydrogen-bond acceptors (Lipinski definition) is 6. The van der Waals surface area contributed by atoms with Crippen molar-refractivity contribution in [2.24, 2.45) is 0 Å². The predicted octanol–water partition coefficient (Wildman–Crippen LogP) is 1.06. The number of halogens is 1. The largest absolute Gasteiger partial charge is 0.502 e. The number of carbonyl (C=O) groups is 1. The first-order valence-corrected chi connectivity index (χ1v) is 7.75. The van der Waals surface area contributed by atoms with Crippen LogP contribution in [0.5, 0.6) is 5.75 Å². The number of aromatic hydroxyl groups is 1. The van der Waals surface area contributed by atoms with E-state index in [4.69, 9.17) is 0 Å². The van der Waals surface area contributed by atoms with Crippen LogP contribution in [0.25, 0.3) is 0 Å². The van der Waals surface area contributed by atoms with E-state index in [0.29, 0.717) is 6.07 Å². The molecule has 0 radical (unpaired) electrons. The second-order valence-electron chi connectivity index (χ2n) is 4.45. The lowest BCUT2D eigenvalue weighted by Gasteiger charge is -2.09. The van der Waals surface area contributed by atoms with Crippen molar-refractivity contribution in [3.63, 3.8) is 0 Å². The van der Waals surface area contributed by atoms with E-state index in [1.807, 2.05) is 0 Å². The van der Waals surface area contributed by atoms with Gasteiger partial charge in [0.1, 0.15) is 5.82 Å². The first kappa shape index (κ1) is 17.3. The summed E-state index contributed by atoms with van der Waals surface area (Å²) >= 11 is 0. The zero-order valence-corrected chi connectivity index (χ0v) is 12.6. The number of sulfonamides is 1. The van der Waals surface area contributed by atoms with Crippen molar-refractivity contribution in [3.05, 3.63) is 64.0 Å². The normalized spacial score (nSPS) is 11.0. The highest BCUT2D eigenvalue weighted by Gasteiger charge is 2.22. The molecule has 0 aromatic heterocycles. The van der Waals surface area contributed by atoms with E-state index < -0.39 is 48.6 Å². The van der Waals surface area contributed by atoms with Crippen molar-refractivity contribution in [2.75, 3.05) is 0 Å². The number of benzene rings is 2. The van der Waals surface area contributed by atoms with E-state index in [-0.39, 0.29) is 0 Å². The van der Waals surface area contributed by atoms with Crippen molar-refractivity contribution in [1.82, 2.24) is 10.3 Å². The second kappa shape index (κ2) is 6.60. The minimum atomic E-state index is -4.37. The van der Waals surface area contributed by atoms with Gasteiger partial charge >= 0.3 is 5.69 Å². The fourth-order valence-electron chi connectivity index (χ4n) is 1.70. The maximum atomic E-state index is 13.4. The van der Waals surface area contributed by atoms with Gasteiger partial charge in [-0.25, -0.2) is 12.8 Å². The van der Waals surface area contributed by atoms with Crippen molar-refractivity contribution in [3.8, 4) is 5.75 Å². The van der Waals surface area contributed by atoms with Crippen LogP contribution in [0.3, 0.4) is 0 Å². The summed E-state index contributed by atoms with van der Waals surface area (Å²) in [6.45, 7) is 0. The highest BCUT2D eigenvalue weighted by Crippen LogP contribution is 2.27. The molecule has 0 bridgehead atoms. The summed E-state index contributed by atoms with van der Waals surface area (Å²) in [5, 5.41) is 20.0. The third kappa shape index (κ3) is 3.64. The molecule has 9 nitrogen and oxygen atoms in total. The average molecular weight is 355 g/mol. The Kier molecular flexibility index (Phi) is 4.76. The van der Waals surface area contributed by atoms with Crippen LogP contribution < -0.4 is 10.3 Å². The standard InChI is InChI=1S/C13H10FN3O6S/c14-10-4-2-1-3-9(10)13(19)15-16-24(22,23)8-5-6-12(18)11(7-8)17(20)21/h1-7,16,18H,(H,15,19). The first-order chi connectivity index (χ1) is 11.2. The minimum Gasteiger partial charge on any atom is -0.502 e. The Hall–Kier alpha value is -3.05. The molecule has 0 saturated carbocycles. The molecule has 0 aliphatic rings. The van der Waals surface area contributed by atoms with Gasteiger partial charge in [-0.2, -0.15) is 0 Å². The molecule has 0 heterocycles. The number of phenols is 1. The van der Waals surface area contributed by atoms with Gasteiger partial charge in [0, 0.05) is 6.07 Å². The molecule has 0 fully saturated rings. The van der Waals surface area contributed by atoms with Gasteiger partial charge in [0.25, 0.3) is 15.9 Å². The minimum absolute atomic E-state index is 0.392. The molecule has 0 spiro atoms. The molecule has 3 N–H and O–H groups in total. The van der Waals surface area contributed by atoms with Crippen LogP contribution in [0.2, 0.25) is 0 Å². The van der Waals surface area contributed by atoms with Crippen molar-refractivity contribution in [2.45, 2.75) is 4.90 Å². The van der Waals surface area contributed by atoms with E-state index in [2.05, 4.69) is 0 Å². The van der Waals surface area contributed by atoms with E-state index in [9.17, 15) is 32.8 Å². The molecule has 11 heteroatoms. The summed E-state index contributed by atoms with van der Waals surface area (Å²) in [7, 11) is -4.37. The number of carbonyl (C=O) groups excluding carboxylic acids is 1. The lowest BCUT2D eigenvalue weighted by molar-refractivity contribution is -0.386. The number of hydrogen-bond donors (Lipinski definition) is 3. The van der Waals surface area contributed by atoms with Crippen molar-refractivity contribution in [1.29, 1.82) is 0 Å². The Labute approximate surface area is 134 Å². The smallest absolute Gasteiger partial charge is 0.312 e. The van der Waals surface area contributed by atoms with Gasteiger partial charge in [-0.1, -0.05) is 12.1 Å². The van der Waals surface area contributed by atoms with E-state index in [0.717, 1.165) is 24.3 Å². The fourth-order valence-corrected chi connectivity index (χ4v) is 2.56. The summed E-state index contributed by atoms with van der Waals surface area (Å²) in [6, 6.07) is 7.25. The summed E-state index contributed by atoms with van der Waals surface area (Å²) < 4.78 is 37.5. The summed E-state index contributed by atoms with van der Waals surface area (Å²) in [5.41, 5.74) is 0.580. The van der Waals surface area contributed by atoms with Gasteiger partial charge in [-0.3, -0.25) is 20.3 Å². The third-order valence-electron chi connectivity index (χ3n) is 2.87. The molecule has 0 unspecified atom stereocenters. The summed E-state index contributed by atoms with van der Waals surface area (Å²) in [6.07, 6.45) is 0. The molecular formula is C13H10FN3O6S. The van der Waals surface area contributed by atoms with Crippen LogP contribution >= 0.6 is 0 Å². The number of nitro groups is 1. The predicted molar refractivity (Wildman–Crippen MR) is 78.9 cm³/mol. The molecule has 0 atom stereocenters. The van der Waals surface area contributed by atoms with Crippen molar-refractivity contribution >= 4 is 21.6 Å². The highest BCUT2D eigenvalue weighted by atomic mass is 32.2. The molecule has 1 amide bonds. The number of nitrogens with one attached hydrogen (secondary N) is 2. The quantitative estimate of drug-likeness (QED) is 0.541. The number of amides is 1. The monoisotopic (exact) mass is 355 g/mol. The SMILES string of the molecule is O=C(NNS(=O)(=O)c1ccc(O)c([N+](=O)[O-])c1)c1ccccc1F. The third-order valence-corrected chi connectivity index (χ3v) is 4.12. The van der Waals surface area contributed by atoms with Gasteiger partial charge < -0.3 is 5.11 Å². The molecule has 24 heavy (non-hydrogen) atoms. The zero-order valence-electron chi connectivity index (χ0n) is 11.8. The van der Waals surface area contributed by atoms with E-state index >= 15 is 0 Å². The van der Waals surface area contributed by atoms with Crippen LogP contribution in [-0.4, -0.2) is 24.4 Å². The summed E-state index contributed by atoms with van der Waals surface area (Å²) in [4.78, 5) is 22.6. The van der Waals surface area contributed by atoms with E-state index in [1.54, 1.807) is 10.3 Å². The van der Waals surface area contributed by atoms with Crippen LogP contribution in [0.1, 0.15) is 10.4 Å². The van der Waals surface area contributed by atoms with Gasteiger partial charge in [-0.05, 0) is 24.3 Å². The second-order valence-corrected chi connectivity index (χ2v) is 6.13. The number of rotatable bonds is 5. The van der Waals surface area contributed by atoms with Crippen LogP contribution in [0.15, 0.2) is 47.4 Å². The Bertz CT molecular complexity index is 916. The maximum Gasteiger partial charge on any atom is 0.312 e. The van der Waals surface area contributed by atoms with Gasteiger partial charge in [0.15, 0.2) is 5.75 Å². The lowest BCUT2D eigenvalue weighted by Crippen LogP contribution is -2.41. The molecule has 0 aliphatic carbocycles. The Morgan fingerprint density at radius 3 is 2.50 bits per heavy atom. The van der Waals surface area contributed by atoms with Crippen LogP contribution in [0, 0.1) is 15.9 Å². The summed E-state index contributed by atoms with van der Waals surface area (Å²) in [5.74, 6) is -2.62. The molecule has 2 aromatic rings. The molecule has 126 valence electrons. The molecule has 0 aliphatic heterocycles. The maximum absolute atomic E-state index is 13.4. The lowest BCUT2D eigenvalue weighted by atomic mass is 10.2. The zero-order chi connectivity index (χ0) is 17.9. The Morgan fingerprint density at radius 1 is 1.21 bits per heavy atom. The van der Waals surface area contributed by atoms with Gasteiger partial charge in [0.2, 0.25) is 0 Å². The fraction of sp³-hybridized carbons (Fsp3) is 0. The Balaban J connectivity index is 2.20. The molecule has 2 rings (SSSR count). The highest BCUT2D eigenvalue weighted by molar-refractivity contribution is 7.89. The van der Waals surface area contributed by atoms with Crippen LogP contribution in [0.4, 0.5) is 10.1 Å². The number of phenolic OH excluding ortho intramolecular Hbond substituents is 1. The molecular weight excluding hydrogens is 345 g/mol. The molecule has 0 saturated heterocycles. The van der Waals surface area contributed by atoms with E-state index in [1.165, 1.54) is 12.1 Å². The van der Waals surface area contributed by atoms with Crippen molar-refractivity contribution < 1.29 is 27.6 Å². The topological polar surface area (TPSA) is 139 Å². The number of hydrazine groups is 1. The van der Waals surface area contributed by atoms with Crippen LogP contribution in [-0.2, 0) is 10.0 Å². The molecule has 2 aromatic carbocycles. The number of nitro benzene ring substituents is 1. The van der Waals surface area contributed by atoms with Gasteiger partial charge in [0.05, 0.1) is 15.4 Å². The van der Waals surface area contributed by atoms with Gasteiger partial charge in [-0.15, -0.1) is 4.83 Å². The average Bonchev–Trinajstić information content (AvgIpc) is 2.53.